The van der Waals surface area contributed by atoms with E-state index in [0.717, 1.165) is 24.2 Å². The molecule has 0 spiro atoms. The number of aliphatic hydroxyl groups excluding tert-OH is 2. The van der Waals surface area contributed by atoms with Crippen molar-refractivity contribution in [3.63, 3.8) is 0 Å². The van der Waals surface area contributed by atoms with Crippen molar-refractivity contribution in [1.29, 1.82) is 0 Å². The van der Waals surface area contributed by atoms with Gasteiger partial charge < -0.3 is 10.2 Å². The first-order chi connectivity index (χ1) is 10.9. The van der Waals surface area contributed by atoms with Crippen LogP contribution in [0, 0.1) is 40.4 Å². The summed E-state index contributed by atoms with van der Waals surface area (Å²) in [6, 6.07) is 0. The fourth-order valence-corrected chi connectivity index (χ4v) is 8.22. The molecule has 0 unspecified atom stereocenters. The number of hydrogen-bond donors (Lipinski definition) is 2. The van der Waals surface area contributed by atoms with Gasteiger partial charge in [0.05, 0.1) is 12.2 Å². The number of fused-ring (bicyclic) bond motifs is 5. The van der Waals surface area contributed by atoms with Crippen LogP contribution in [0.4, 0.5) is 0 Å². The van der Waals surface area contributed by atoms with Crippen molar-refractivity contribution in [3.8, 4) is 0 Å². The van der Waals surface area contributed by atoms with Crippen molar-refractivity contribution >= 4 is 0 Å². The van der Waals surface area contributed by atoms with Gasteiger partial charge in [-0.15, -0.1) is 0 Å². The highest BCUT2D eigenvalue weighted by Crippen LogP contribution is 2.67. The Morgan fingerprint density at radius 3 is 2.43 bits per heavy atom. The molecule has 0 amide bonds. The second-order valence-electron chi connectivity index (χ2n) is 10.0. The summed E-state index contributed by atoms with van der Waals surface area (Å²) < 4.78 is 0. The highest BCUT2D eigenvalue weighted by molar-refractivity contribution is 5.11. The average molecular weight is 321 g/mol. The number of aliphatic hydroxyl groups is 2. The Kier molecular flexibility index (Phi) is 3.89. The molecule has 4 rings (SSSR count). The normalized spacial score (nSPS) is 57.3. The molecular formula is C21H36O2. The van der Waals surface area contributed by atoms with Gasteiger partial charge in [0.1, 0.15) is 0 Å². The fraction of sp³-hybridized carbons (Fsp3) is 1.00. The second kappa shape index (κ2) is 5.46. The first-order valence-electron chi connectivity index (χ1n) is 10.2. The van der Waals surface area contributed by atoms with Gasteiger partial charge >= 0.3 is 0 Å². The smallest absolute Gasteiger partial charge is 0.0601 e. The molecule has 4 aliphatic rings. The molecule has 132 valence electrons. The van der Waals surface area contributed by atoms with Crippen LogP contribution in [0.3, 0.4) is 0 Å². The third-order valence-corrected chi connectivity index (χ3v) is 9.21. The van der Waals surface area contributed by atoms with Gasteiger partial charge in [-0.1, -0.05) is 26.7 Å². The van der Waals surface area contributed by atoms with Gasteiger partial charge in [-0.05, 0) is 86.4 Å². The van der Waals surface area contributed by atoms with Gasteiger partial charge in [-0.2, -0.15) is 0 Å². The lowest BCUT2D eigenvalue weighted by atomic mass is 9.45. The molecule has 2 heteroatoms. The van der Waals surface area contributed by atoms with Crippen LogP contribution in [-0.4, -0.2) is 22.4 Å². The van der Waals surface area contributed by atoms with Crippen molar-refractivity contribution in [3.05, 3.63) is 0 Å². The first kappa shape index (κ1) is 16.4. The predicted molar refractivity (Wildman–Crippen MR) is 92.9 cm³/mol. The molecule has 0 aromatic rings. The topological polar surface area (TPSA) is 40.5 Å². The molecular weight excluding hydrogens is 284 g/mol. The van der Waals surface area contributed by atoms with Crippen LogP contribution in [0.2, 0.25) is 0 Å². The van der Waals surface area contributed by atoms with Crippen molar-refractivity contribution in [1.82, 2.24) is 0 Å². The molecule has 23 heavy (non-hydrogen) atoms. The van der Waals surface area contributed by atoms with E-state index in [1.165, 1.54) is 51.4 Å². The minimum atomic E-state index is -0.377. The largest absolute Gasteiger partial charge is 0.393 e. The van der Waals surface area contributed by atoms with Crippen LogP contribution in [0.15, 0.2) is 0 Å². The molecule has 0 bridgehead atoms. The molecule has 0 heterocycles. The Labute approximate surface area is 142 Å². The Morgan fingerprint density at radius 1 is 0.913 bits per heavy atom. The third kappa shape index (κ3) is 2.20. The summed E-state index contributed by atoms with van der Waals surface area (Å²) in [6.07, 6.45) is 11.4. The van der Waals surface area contributed by atoms with Crippen LogP contribution >= 0.6 is 0 Å². The molecule has 2 nitrogen and oxygen atoms in total. The fourth-order valence-electron chi connectivity index (χ4n) is 8.22. The van der Waals surface area contributed by atoms with E-state index < -0.39 is 0 Å². The van der Waals surface area contributed by atoms with Gasteiger partial charge in [-0.3, -0.25) is 0 Å². The van der Waals surface area contributed by atoms with E-state index in [-0.39, 0.29) is 23.5 Å². The highest BCUT2D eigenvalue weighted by atomic mass is 16.3. The van der Waals surface area contributed by atoms with E-state index in [9.17, 15) is 10.2 Å². The van der Waals surface area contributed by atoms with Gasteiger partial charge in [0, 0.05) is 5.92 Å². The molecule has 4 fully saturated rings. The van der Waals surface area contributed by atoms with Crippen molar-refractivity contribution in [2.75, 3.05) is 0 Å². The second-order valence-corrected chi connectivity index (χ2v) is 10.0. The van der Waals surface area contributed by atoms with Crippen molar-refractivity contribution in [2.45, 2.75) is 90.8 Å². The lowest BCUT2D eigenvalue weighted by Gasteiger charge is -2.60. The summed E-state index contributed by atoms with van der Waals surface area (Å²) in [5.74, 6) is 3.35. The SMILES string of the molecule is C[C@H](O)[C@@H]1[C@H](O)C[C@@H]2[C@@H]3CC[C@H]4CCCC[C@]4(C)[C@@H]3CC[C@]12C. The molecule has 4 saturated carbocycles. The van der Waals surface area contributed by atoms with Crippen LogP contribution in [0.25, 0.3) is 0 Å². The summed E-state index contributed by atoms with van der Waals surface area (Å²) in [4.78, 5) is 0. The van der Waals surface area contributed by atoms with Gasteiger partial charge in [0.2, 0.25) is 0 Å². The van der Waals surface area contributed by atoms with E-state index in [0.29, 0.717) is 11.3 Å². The Morgan fingerprint density at radius 2 is 1.70 bits per heavy atom. The van der Waals surface area contributed by atoms with E-state index >= 15 is 0 Å². The van der Waals surface area contributed by atoms with Crippen LogP contribution in [-0.2, 0) is 0 Å². The Bertz CT molecular complexity index is 461. The maximum Gasteiger partial charge on any atom is 0.0601 e. The van der Waals surface area contributed by atoms with Crippen LogP contribution in [0.5, 0.6) is 0 Å². The molecule has 4 aliphatic carbocycles. The zero-order valence-corrected chi connectivity index (χ0v) is 15.3. The van der Waals surface area contributed by atoms with Gasteiger partial charge in [0.25, 0.3) is 0 Å². The highest BCUT2D eigenvalue weighted by Gasteiger charge is 2.62. The van der Waals surface area contributed by atoms with Crippen LogP contribution < -0.4 is 0 Å². The zero-order chi connectivity index (χ0) is 16.4. The Balaban J connectivity index is 1.64. The minimum absolute atomic E-state index is 0.0883. The van der Waals surface area contributed by atoms with E-state index in [1.54, 1.807) is 0 Å². The predicted octanol–water partition coefficient (Wildman–Crippen LogP) is 4.39. The monoisotopic (exact) mass is 320 g/mol. The van der Waals surface area contributed by atoms with Gasteiger partial charge in [0.15, 0.2) is 0 Å². The molecule has 0 aromatic heterocycles. The maximum absolute atomic E-state index is 10.7. The lowest BCUT2D eigenvalue weighted by Crippen LogP contribution is -2.53. The molecule has 0 aromatic carbocycles. The van der Waals surface area contributed by atoms with E-state index in [1.807, 2.05) is 6.92 Å². The summed E-state index contributed by atoms with van der Waals surface area (Å²) in [5, 5.41) is 21.0. The summed E-state index contributed by atoms with van der Waals surface area (Å²) >= 11 is 0. The lowest BCUT2D eigenvalue weighted by molar-refractivity contribution is -0.120. The van der Waals surface area contributed by atoms with Crippen LogP contribution in [0.1, 0.15) is 78.6 Å². The number of hydrogen-bond acceptors (Lipinski definition) is 2. The Hall–Kier alpha value is -0.0800. The maximum atomic E-state index is 10.7. The molecule has 2 N–H and O–H groups in total. The third-order valence-electron chi connectivity index (χ3n) is 9.21. The summed E-state index contributed by atoms with van der Waals surface area (Å²) in [6.45, 7) is 6.89. The zero-order valence-electron chi connectivity index (χ0n) is 15.3. The minimum Gasteiger partial charge on any atom is -0.393 e. The van der Waals surface area contributed by atoms with Gasteiger partial charge in [-0.25, -0.2) is 0 Å². The average Bonchev–Trinajstić information content (AvgIpc) is 2.77. The standard InChI is InChI=1S/C21H36O2/c1-13(22)19-18(23)12-17-15-8-7-14-6-4-5-10-20(14,2)16(15)9-11-21(17,19)3/h13-19,22-23H,4-12H2,1-3H3/t13-,14+,15+,16+,17+,18+,19+,20-,21-/m0/s1. The molecule has 0 aliphatic heterocycles. The quantitative estimate of drug-likeness (QED) is 0.752. The van der Waals surface area contributed by atoms with E-state index in [2.05, 4.69) is 13.8 Å². The molecule has 9 atom stereocenters. The summed E-state index contributed by atoms with van der Waals surface area (Å²) in [5.41, 5.74) is 0.725. The summed E-state index contributed by atoms with van der Waals surface area (Å²) in [7, 11) is 0. The molecule has 0 radical (unpaired) electrons. The van der Waals surface area contributed by atoms with Crippen molar-refractivity contribution < 1.29 is 10.2 Å². The van der Waals surface area contributed by atoms with Crippen molar-refractivity contribution in [2.24, 2.45) is 40.4 Å². The number of rotatable bonds is 1. The molecule has 0 saturated heterocycles. The first-order valence-corrected chi connectivity index (χ1v) is 10.2. The van der Waals surface area contributed by atoms with E-state index in [4.69, 9.17) is 0 Å².